The summed E-state index contributed by atoms with van der Waals surface area (Å²) in [6.07, 6.45) is 4.04. The number of carbonyl (C=O) groups is 2. The van der Waals surface area contributed by atoms with Crippen LogP contribution < -0.4 is 10.6 Å². The van der Waals surface area contributed by atoms with Crippen LogP contribution >= 0.6 is 0 Å². The highest BCUT2D eigenvalue weighted by atomic mass is 16.4. The third-order valence-electron chi connectivity index (χ3n) is 8.70. The predicted molar refractivity (Wildman–Crippen MR) is 126 cm³/mol. The second-order valence-corrected chi connectivity index (χ2v) is 10.2. The maximum atomic E-state index is 14.2. The minimum absolute atomic E-state index is 0.0195. The molecule has 1 saturated heterocycles. The minimum Gasteiger partial charge on any atom is -0.465 e. The number of carboxylic acid groups (broad SMARTS) is 1. The van der Waals surface area contributed by atoms with Crippen LogP contribution in [0.25, 0.3) is 0 Å². The first-order valence-corrected chi connectivity index (χ1v) is 12.3. The van der Waals surface area contributed by atoms with Gasteiger partial charge in [0.2, 0.25) is 5.91 Å². The molecule has 33 heavy (non-hydrogen) atoms. The van der Waals surface area contributed by atoms with Crippen molar-refractivity contribution in [1.29, 1.82) is 0 Å². The Morgan fingerprint density at radius 1 is 0.909 bits per heavy atom. The molecule has 2 amide bonds. The number of para-hydroxylation sites is 1. The average molecular weight is 446 g/mol. The Balaban J connectivity index is 1.36. The van der Waals surface area contributed by atoms with Gasteiger partial charge in [-0.05, 0) is 61.1 Å². The average Bonchev–Trinajstić information content (AvgIpc) is 3.30. The quantitative estimate of drug-likeness (QED) is 0.633. The summed E-state index contributed by atoms with van der Waals surface area (Å²) in [5.74, 6) is 0.748. The van der Waals surface area contributed by atoms with Gasteiger partial charge in [-0.3, -0.25) is 4.79 Å². The molecule has 6 heteroatoms. The fraction of sp³-hybridized carbons (Fsp3) is 0.481. The maximum Gasteiger partial charge on any atom is 0.404 e. The zero-order chi connectivity index (χ0) is 22.5. The summed E-state index contributed by atoms with van der Waals surface area (Å²) >= 11 is 0. The van der Waals surface area contributed by atoms with Gasteiger partial charge in [0, 0.05) is 24.2 Å². The highest BCUT2D eigenvalue weighted by molar-refractivity contribution is 5.82. The fourth-order valence-electron chi connectivity index (χ4n) is 7.31. The van der Waals surface area contributed by atoms with Gasteiger partial charge in [0.1, 0.15) is 0 Å². The van der Waals surface area contributed by atoms with Gasteiger partial charge in [-0.25, -0.2) is 4.79 Å². The van der Waals surface area contributed by atoms with Crippen molar-refractivity contribution in [2.24, 2.45) is 23.7 Å². The van der Waals surface area contributed by atoms with Gasteiger partial charge < -0.3 is 20.6 Å². The molecule has 2 bridgehead atoms. The highest BCUT2D eigenvalue weighted by Gasteiger charge is 2.53. The van der Waals surface area contributed by atoms with Crippen LogP contribution in [-0.4, -0.2) is 34.6 Å². The molecule has 6 nitrogen and oxygen atoms in total. The number of fused-ring (bicyclic) bond motifs is 6. The molecule has 3 saturated carbocycles. The second-order valence-electron chi connectivity index (χ2n) is 10.2. The van der Waals surface area contributed by atoms with Crippen molar-refractivity contribution >= 4 is 17.7 Å². The third kappa shape index (κ3) is 3.38. The summed E-state index contributed by atoms with van der Waals surface area (Å²) in [7, 11) is 0. The van der Waals surface area contributed by atoms with Gasteiger partial charge in [0.15, 0.2) is 0 Å². The lowest BCUT2D eigenvalue weighted by atomic mass is 9.61. The normalized spacial score (nSPS) is 34.2. The summed E-state index contributed by atoms with van der Waals surface area (Å²) in [5, 5.41) is 16.0. The fourth-order valence-corrected chi connectivity index (χ4v) is 7.31. The number of hydrogen-bond donors (Lipinski definition) is 3. The molecular weight excluding hydrogens is 414 g/mol. The van der Waals surface area contributed by atoms with Crippen molar-refractivity contribution in [1.82, 2.24) is 10.2 Å². The van der Waals surface area contributed by atoms with Crippen molar-refractivity contribution in [3.05, 3.63) is 65.7 Å². The maximum absolute atomic E-state index is 14.2. The number of amides is 2. The lowest BCUT2D eigenvalue weighted by Gasteiger charge is -2.49. The number of nitrogens with zero attached hydrogens (tertiary/aromatic N) is 1. The summed E-state index contributed by atoms with van der Waals surface area (Å²) < 4.78 is 0. The first-order valence-electron chi connectivity index (χ1n) is 12.3. The van der Waals surface area contributed by atoms with E-state index in [1.807, 2.05) is 12.1 Å². The Hall–Kier alpha value is -3.02. The number of hydrogen-bond acceptors (Lipinski definition) is 3. The lowest BCUT2D eigenvalue weighted by Crippen LogP contribution is -2.58. The van der Waals surface area contributed by atoms with Crippen molar-refractivity contribution in [3.63, 3.8) is 0 Å². The van der Waals surface area contributed by atoms with E-state index in [2.05, 4.69) is 58.0 Å². The zero-order valence-corrected chi connectivity index (χ0v) is 18.7. The molecule has 2 heterocycles. The SMILES string of the molecule is O=C(O)N[C@@H]1C2CCC(CC2)[C@@H]1C(=O)N1CC[C@@H]2[C@H](c3ccccc3)Nc3ccccc3[C@@H]21. The monoisotopic (exact) mass is 445 g/mol. The van der Waals surface area contributed by atoms with Gasteiger partial charge in [0.25, 0.3) is 0 Å². The molecule has 4 fully saturated rings. The van der Waals surface area contributed by atoms with Gasteiger partial charge >= 0.3 is 6.09 Å². The van der Waals surface area contributed by atoms with Gasteiger partial charge in [-0.1, -0.05) is 48.5 Å². The summed E-state index contributed by atoms with van der Waals surface area (Å²) in [6, 6.07) is 18.8. The van der Waals surface area contributed by atoms with Crippen molar-refractivity contribution < 1.29 is 14.7 Å². The second kappa shape index (κ2) is 8.08. The molecule has 172 valence electrons. The standard InChI is InChI=1S/C27H31N3O3/c31-26(22-16-10-12-18(13-11-16)24(22)29-27(32)33)30-15-14-20-23(17-6-2-1-3-7-17)28-21-9-5-4-8-19(21)25(20)30/h1-9,16,18,20,22-25,28-29H,10-15H2,(H,32,33)/t16?,18?,20-,22+,23+,24-,25+/m1/s1. The Morgan fingerprint density at radius 2 is 1.61 bits per heavy atom. The number of benzene rings is 2. The van der Waals surface area contributed by atoms with E-state index in [9.17, 15) is 14.7 Å². The first kappa shape index (κ1) is 20.6. The minimum atomic E-state index is -1.01. The van der Waals surface area contributed by atoms with E-state index < -0.39 is 6.09 Å². The molecule has 3 N–H and O–H groups in total. The van der Waals surface area contributed by atoms with Crippen molar-refractivity contribution in [3.8, 4) is 0 Å². The van der Waals surface area contributed by atoms with Crippen LogP contribution in [0, 0.1) is 23.7 Å². The molecular formula is C27H31N3O3. The smallest absolute Gasteiger partial charge is 0.404 e. The molecule has 2 aromatic carbocycles. The van der Waals surface area contributed by atoms with E-state index in [0.717, 1.165) is 44.3 Å². The van der Waals surface area contributed by atoms with E-state index in [1.54, 1.807) is 0 Å². The molecule has 3 aliphatic carbocycles. The summed E-state index contributed by atoms with van der Waals surface area (Å²) in [5.41, 5.74) is 3.53. The molecule has 0 radical (unpaired) electrons. The first-order chi connectivity index (χ1) is 16.1. The topological polar surface area (TPSA) is 81.7 Å². The highest BCUT2D eigenvalue weighted by Crippen LogP contribution is 2.53. The molecule has 0 aromatic heterocycles. The van der Waals surface area contributed by atoms with E-state index in [-0.39, 0.29) is 47.7 Å². The van der Waals surface area contributed by atoms with Crippen LogP contribution in [0.4, 0.5) is 10.5 Å². The molecule has 5 atom stereocenters. The number of anilines is 1. The van der Waals surface area contributed by atoms with Crippen LogP contribution in [0.5, 0.6) is 0 Å². The molecule has 5 aliphatic rings. The van der Waals surface area contributed by atoms with Crippen molar-refractivity contribution in [2.75, 3.05) is 11.9 Å². The zero-order valence-electron chi connectivity index (χ0n) is 18.7. The molecule has 0 unspecified atom stereocenters. The van der Waals surface area contributed by atoms with E-state index in [0.29, 0.717) is 0 Å². The van der Waals surface area contributed by atoms with E-state index in [4.69, 9.17) is 0 Å². The number of likely N-dealkylation sites (tertiary alicyclic amines) is 1. The largest absolute Gasteiger partial charge is 0.465 e. The van der Waals surface area contributed by atoms with Crippen molar-refractivity contribution in [2.45, 2.75) is 50.2 Å². The van der Waals surface area contributed by atoms with Crippen LogP contribution in [0.15, 0.2) is 54.6 Å². The van der Waals surface area contributed by atoms with Crippen LogP contribution in [0.2, 0.25) is 0 Å². The Morgan fingerprint density at radius 3 is 2.36 bits per heavy atom. The summed E-state index contributed by atoms with van der Waals surface area (Å²) in [6.45, 7) is 0.723. The van der Waals surface area contributed by atoms with Gasteiger partial charge in [-0.15, -0.1) is 0 Å². The van der Waals surface area contributed by atoms with Crippen LogP contribution in [0.3, 0.4) is 0 Å². The van der Waals surface area contributed by atoms with E-state index >= 15 is 0 Å². The molecule has 7 rings (SSSR count). The molecule has 2 aromatic rings. The lowest BCUT2D eigenvalue weighted by molar-refractivity contribution is -0.144. The summed E-state index contributed by atoms with van der Waals surface area (Å²) in [4.78, 5) is 27.8. The predicted octanol–water partition coefficient (Wildman–Crippen LogP) is 4.82. The van der Waals surface area contributed by atoms with Gasteiger partial charge in [-0.2, -0.15) is 0 Å². The third-order valence-corrected chi connectivity index (χ3v) is 8.70. The van der Waals surface area contributed by atoms with E-state index in [1.165, 1.54) is 11.1 Å². The van der Waals surface area contributed by atoms with Crippen LogP contribution in [-0.2, 0) is 4.79 Å². The Labute approximate surface area is 194 Å². The molecule has 0 spiro atoms. The number of nitrogens with one attached hydrogen (secondary N) is 2. The Bertz CT molecular complexity index is 1050. The van der Waals surface area contributed by atoms with Crippen LogP contribution in [0.1, 0.15) is 55.3 Å². The number of carbonyl (C=O) groups excluding carboxylic acids is 1. The Kier molecular flexibility index (Phi) is 5.04. The molecule has 2 aliphatic heterocycles. The van der Waals surface area contributed by atoms with Gasteiger partial charge in [0.05, 0.1) is 18.0 Å². The number of rotatable bonds is 3.